The van der Waals surface area contributed by atoms with Crippen LogP contribution in [-0.2, 0) is 5.41 Å². The van der Waals surface area contributed by atoms with Crippen LogP contribution in [0, 0.1) is 0 Å². The van der Waals surface area contributed by atoms with Gasteiger partial charge in [-0.1, -0.05) is 62.9 Å². The summed E-state index contributed by atoms with van der Waals surface area (Å²) >= 11 is 1.69. The van der Waals surface area contributed by atoms with Crippen LogP contribution < -0.4 is 0 Å². The Morgan fingerprint density at radius 1 is 0.909 bits per heavy atom. The molecule has 0 radical (unpaired) electrons. The summed E-state index contributed by atoms with van der Waals surface area (Å²) in [6.45, 7) is 6.70. The van der Waals surface area contributed by atoms with E-state index in [1.165, 1.54) is 10.5 Å². The van der Waals surface area contributed by atoms with Gasteiger partial charge in [-0.15, -0.1) is 0 Å². The van der Waals surface area contributed by atoms with Gasteiger partial charge in [0.1, 0.15) is 0 Å². The predicted octanol–water partition coefficient (Wildman–Crippen LogP) is 5.33. The SMILES string of the molecule is CN(C)C(=Nc1ccccc1)Sc1ccc(C(C)(C)C)cc1. The molecular weight excluding hydrogens is 288 g/mol. The number of rotatable bonds is 2. The molecule has 2 nitrogen and oxygen atoms in total. The average Bonchev–Trinajstić information content (AvgIpc) is 2.47. The molecule has 0 amide bonds. The number of hydrogen-bond donors (Lipinski definition) is 0. The molecule has 2 aromatic rings. The van der Waals surface area contributed by atoms with Gasteiger partial charge in [0.2, 0.25) is 0 Å². The molecule has 0 aliphatic carbocycles. The van der Waals surface area contributed by atoms with Crippen LogP contribution in [-0.4, -0.2) is 24.2 Å². The molecule has 0 atom stereocenters. The van der Waals surface area contributed by atoms with E-state index in [0.29, 0.717) is 0 Å². The molecule has 0 spiro atoms. The Hall–Kier alpha value is -1.74. The monoisotopic (exact) mass is 312 g/mol. The van der Waals surface area contributed by atoms with Crippen molar-refractivity contribution in [1.82, 2.24) is 4.90 Å². The predicted molar refractivity (Wildman–Crippen MR) is 98.2 cm³/mol. The lowest BCUT2D eigenvalue weighted by molar-refractivity contribution is 0.590. The van der Waals surface area contributed by atoms with Crippen molar-refractivity contribution in [3.63, 3.8) is 0 Å². The Bertz CT molecular complexity index is 623. The molecule has 3 heteroatoms. The lowest BCUT2D eigenvalue weighted by Crippen LogP contribution is -2.18. The van der Waals surface area contributed by atoms with Gasteiger partial charge in [0.25, 0.3) is 0 Å². The van der Waals surface area contributed by atoms with Crippen LogP contribution in [0.1, 0.15) is 26.3 Å². The van der Waals surface area contributed by atoms with Gasteiger partial charge in [0.15, 0.2) is 5.17 Å². The summed E-state index contributed by atoms with van der Waals surface area (Å²) in [5, 5.41) is 0.981. The fraction of sp³-hybridized carbons (Fsp3) is 0.316. The minimum Gasteiger partial charge on any atom is -0.357 e. The molecule has 22 heavy (non-hydrogen) atoms. The number of aliphatic imine (C=N–C) groups is 1. The third-order valence-electron chi connectivity index (χ3n) is 3.29. The maximum Gasteiger partial charge on any atom is 0.168 e. The highest BCUT2D eigenvalue weighted by molar-refractivity contribution is 8.13. The molecule has 0 fully saturated rings. The van der Waals surface area contributed by atoms with Gasteiger partial charge in [-0.3, -0.25) is 0 Å². The number of amidine groups is 1. The van der Waals surface area contributed by atoms with Crippen molar-refractivity contribution in [2.75, 3.05) is 14.1 Å². The van der Waals surface area contributed by atoms with Crippen LogP contribution >= 0.6 is 11.8 Å². The van der Waals surface area contributed by atoms with Crippen molar-refractivity contribution in [3.8, 4) is 0 Å². The van der Waals surface area contributed by atoms with E-state index >= 15 is 0 Å². The number of para-hydroxylation sites is 1. The summed E-state index contributed by atoms with van der Waals surface area (Å²) in [6.07, 6.45) is 0. The van der Waals surface area contributed by atoms with Crippen molar-refractivity contribution in [2.24, 2.45) is 4.99 Å². The van der Waals surface area contributed by atoms with Crippen LogP contribution in [0.2, 0.25) is 0 Å². The third-order valence-corrected chi connectivity index (χ3v) is 4.44. The fourth-order valence-electron chi connectivity index (χ4n) is 1.96. The molecule has 0 aliphatic heterocycles. The highest BCUT2D eigenvalue weighted by Gasteiger charge is 2.13. The van der Waals surface area contributed by atoms with E-state index < -0.39 is 0 Å². The molecule has 0 aliphatic rings. The number of hydrogen-bond acceptors (Lipinski definition) is 2. The lowest BCUT2D eigenvalue weighted by atomic mass is 9.87. The molecule has 2 aromatic carbocycles. The van der Waals surface area contributed by atoms with Gasteiger partial charge >= 0.3 is 0 Å². The minimum absolute atomic E-state index is 0.186. The first-order chi connectivity index (χ1) is 10.4. The number of thioether (sulfide) groups is 1. The molecule has 0 saturated carbocycles. The fourth-order valence-corrected chi connectivity index (χ4v) is 2.77. The van der Waals surface area contributed by atoms with Crippen LogP contribution in [0.5, 0.6) is 0 Å². The van der Waals surface area contributed by atoms with Crippen LogP contribution in [0.25, 0.3) is 0 Å². The molecule has 0 aromatic heterocycles. The van der Waals surface area contributed by atoms with Gasteiger partial charge in [-0.25, -0.2) is 4.99 Å². The molecule has 0 saturated heterocycles. The van der Waals surface area contributed by atoms with Gasteiger partial charge < -0.3 is 4.90 Å². The highest BCUT2D eigenvalue weighted by atomic mass is 32.2. The largest absolute Gasteiger partial charge is 0.357 e. The van der Waals surface area contributed by atoms with Gasteiger partial charge in [-0.05, 0) is 35.2 Å². The highest BCUT2D eigenvalue weighted by Crippen LogP contribution is 2.27. The van der Waals surface area contributed by atoms with E-state index in [-0.39, 0.29) is 5.41 Å². The van der Waals surface area contributed by atoms with E-state index in [4.69, 9.17) is 4.99 Å². The van der Waals surface area contributed by atoms with Crippen LogP contribution in [0.3, 0.4) is 0 Å². The Morgan fingerprint density at radius 3 is 2.00 bits per heavy atom. The smallest absolute Gasteiger partial charge is 0.168 e. The lowest BCUT2D eigenvalue weighted by Gasteiger charge is -2.20. The Morgan fingerprint density at radius 2 is 1.50 bits per heavy atom. The molecule has 116 valence electrons. The van der Waals surface area contributed by atoms with Crippen molar-refractivity contribution < 1.29 is 0 Å². The van der Waals surface area contributed by atoms with E-state index in [1.54, 1.807) is 11.8 Å². The second-order valence-electron chi connectivity index (χ2n) is 6.50. The van der Waals surface area contributed by atoms with Gasteiger partial charge in [-0.2, -0.15) is 0 Å². The van der Waals surface area contributed by atoms with Crippen molar-refractivity contribution >= 4 is 22.6 Å². The Labute approximate surface area is 138 Å². The standard InChI is InChI=1S/C19H24N2S/c1-19(2,3)15-11-13-17(14-12-15)22-18(21(4)5)20-16-9-7-6-8-10-16/h6-14H,1-5H3. The normalized spacial score (nSPS) is 12.3. The zero-order valence-electron chi connectivity index (χ0n) is 14.0. The van der Waals surface area contributed by atoms with E-state index in [1.807, 2.05) is 44.4 Å². The molecule has 0 unspecified atom stereocenters. The van der Waals surface area contributed by atoms with E-state index in [9.17, 15) is 0 Å². The quantitative estimate of drug-likeness (QED) is 0.423. The molecule has 0 bridgehead atoms. The van der Waals surface area contributed by atoms with Crippen molar-refractivity contribution in [1.29, 1.82) is 0 Å². The van der Waals surface area contributed by atoms with E-state index in [2.05, 4.69) is 49.9 Å². The number of nitrogens with zero attached hydrogens (tertiary/aromatic N) is 2. The maximum atomic E-state index is 4.73. The summed E-state index contributed by atoms with van der Waals surface area (Å²) < 4.78 is 0. The second-order valence-corrected chi connectivity index (χ2v) is 7.54. The first kappa shape index (κ1) is 16.6. The summed E-state index contributed by atoms with van der Waals surface area (Å²) in [5.74, 6) is 0. The van der Waals surface area contributed by atoms with Crippen molar-refractivity contribution in [3.05, 3.63) is 60.2 Å². The molecule has 0 heterocycles. The molecule has 0 N–H and O–H groups in total. The Balaban J connectivity index is 2.20. The zero-order valence-corrected chi connectivity index (χ0v) is 14.8. The number of benzene rings is 2. The van der Waals surface area contributed by atoms with E-state index in [0.717, 1.165) is 10.9 Å². The van der Waals surface area contributed by atoms with Crippen molar-refractivity contribution in [2.45, 2.75) is 31.1 Å². The minimum atomic E-state index is 0.186. The summed E-state index contributed by atoms with van der Waals surface area (Å²) in [7, 11) is 4.05. The molecule has 2 rings (SSSR count). The summed E-state index contributed by atoms with van der Waals surface area (Å²) in [5.41, 5.74) is 2.51. The van der Waals surface area contributed by atoms with Gasteiger partial charge in [0.05, 0.1) is 5.69 Å². The Kier molecular flexibility index (Phi) is 5.30. The average molecular weight is 312 g/mol. The first-order valence-corrected chi connectivity index (χ1v) is 8.27. The maximum absolute atomic E-state index is 4.73. The molecular formula is C19H24N2S. The zero-order chi connectivity index (χ0) is 16.2. The van der Waals surface area contributed by atoms with Gasteiger partial charge in [0, 0.05) is 19.0 Å². The second kappa shape index (κ2) is 7.01. The summed E-state index contributed by atoms with van der Waals surface area (Å²) in [4.78, 5) is 7.99. The van der Waals surface area contributed by atoms with Crippen LogP contribution in [0.15, 0.2) is 64.5 Å². The van der Waals surface area contributed by atoms with Crippen LogP contribution in [0.4, 0.5) is 5.69 Å². The topological polar surface area (TPSA) is 15.6 Å². The first-order valence-electron chi connectivity index (χ1n) is 7.46. The third kappa shape index (κ3) is 4.63. The summed E-state index contributed by atoms with van der Waals surface area (Å²) in [6, 6.07) is 18.8.